The number of hydrogen-bond acceptors (Lipinski definition) is 7. The summed E-state index contributed by atoms with van der Waals surface area (Å²) in [6, 6.07) is 25.1. The van der Waals surface area contributed by atoms with Crippen LogP contribution in [0.1, 0.15) is 34.3 Å². The van der Waals surface area contributed by atoms with Crippen molar-refractivity contribution in [2.75, 3.05) is 18.0 Å². The first-order valence-electron chi connectivity index (χ1n) is 11.9. The minimum absolute atomic E-state index is 0.00449. The fraction of sp³-hybridized carbons (Fsp3) is 0.214. The highest BCUT2D eigenvalue weighted by Crippen LogP contribution is 2.32. The van der Waals surface area contributed by atoms with Gasteiger partial charge in [-0.15, -0.1) is 0 Å². The molecular weight excluding hydrogens is 518 g/mol. The average molecular weight is 544 g/mol. The van der Waals surface area contributed by atoms with Gasteiger partial charge in [0.1, 0.15) is 0 Å². The summed E-state index contributed by atoms with van der Waals surface area (Å²) in [7, 11) is -3.94. The summed E-state index contributed by atoms with van der Waals surface area (Å²) in [4.78, 5) is 20.1. The first-order chi connectivity index (χ1) is 18.3. The lowest BCUT2D eigenvalue weighted by Crippen LogP contribution is -2.33. The molecule has 0 N–H and O–H groups in total. The molecule has 0 spiro atoms. The number of carbonyl (C=O) groups excluding carboxylic acids is 1. The number of sulfonamides is 1. The third-order valence-electron chi connectivity index (χ3n) is 5.95. The maximum absolute atomic E-state index is 13.7. The zero-order valence-electron chi connectivity index (χ0n) is 20.7. The summed E-state index contributed by atoms with van der Waals surface area (Å²) in [6.07, 6.45) is 0.0225. The van der Waals surface area contributed by atoms with Crippen LogP contribution in [0.25, 0.3) is 10.2 Å². The fourth-order valence-corrected chi connectivity index (χ4v) is 6.44. The molecule has 0 bridgehead atoms. The zero-order valence-corrected chi connectivity index (χ0v) is 22.4. The van der Waals surface area contributed by atoms with E-state index in [-0.39, 0.29) is 36.7 Å². The number of para-hydroxylation sites is 1. The SMILES string of the molecule is Cc1cccc2sc(N(Cc3ccccc3)C(=O)c3ccc(S(=O)(=O)N(CCC#N)CCC#N)cc3)nc12. The van der Waals surface area contributed by atoms with Gasteiger partial charge in [-0.25, -0.2) is 13.4 Å². The summed E-state index contributed by atoms with van der Waals surface area (Å²) < 4.78 is 28.4. The van der Waals surface area contributed by atoms with Crippen LogP contribution in [0.15, 0.2) is 77.7 Å². The normalized spacial score (nSPS) is 11.3. The number of amides is 1. The van der Waals surface area contributed by atoms with E-state index in [2.05, 4.69) is 0 Å². The van der Waals surface area contributed by atoms with Crippen LogP contribution in [0, 0.1) is 29.6 Å². The van der Waals surface area contributed by atoms with Crippen LogP contribution in [0.2, 0.25) is 0 Å². The van der Waals surface area contributed by atoms with E-state index in [1.54, 1.807) is 4.90 Å². The standard InChI is InChI=1S/C28H25N5O3S2/c1-21-8-5-11-25-26(21)31-28(37-25)33(20-22-9-3-2-4-10-22)27(34)23-12-14-24(15-13-23)38(35,36)32(18-6-16-29)19-7-17-30/h2-5,8-15H,6-7,18-20H2,1H3. The van der Waals surface area contributed by atoms with Crippen LogP contribution in [0.3, 0.4) is 0 Å². The van der Waals surface area contributed by atoms with Gasteiger partial charge in [-0.1, -0.05) is 53.8 Å². The van der Waals surface area contributed by atoms with E-state index in [1.165, 1.54) is 35.6 Å². The van der Waals surface area contributed by atoms with E-state index < -0.39 is 10.0 Å². The Bertz CT molecular complexity index is 1600. The van der Waals surface area contributed by atoms with Crippen molar-refractivity contribution < 1.29 is 13.2 Å². The summed E-state index contributed by atoms with van der Waals surface area (Å²) in [5.41, 5.74) is 3.11. The van der Waals surface area contributed by atoms with Crippen LogP contribution in [0.5, 0.6) is 0 Å². The van der Waals surface area contributed by atoms with Gasteiger partial charge >= 0.3 is 0 Å². The molecule has 0 radical (unpaired) electrons. The number of benzene rings is 3. The molecule has 0 saturated carbocycles. The number of hydrogen-bond donors (Lipinski definition) is 0. The van der Waals surface area contributed by atoms with Crippen molar-refractivity contribution in [1.29, 1.82) is 10.5 Å². The smallest absolute Gasteiger partial charge is 0.260 e. The Hall–Kier alpha value is -4.09. The molecule has 3 aromatic carbocycles. The molecule has 0 aliphatic heterocycles. The van der Waals surface area contributed by atoms with Crippen molar-refractivity contribution >= 4 is 42.6 Å². The number of rotatable bonds is 10. The minimum Gasteiger partial charge on any atom is -0.279 e. The second-order valence-corrected chi connectivity index (χ2v) is 11.5. The third-order valence-corrected chi connectivity index (χ3v) is 8.91. The molecule has 192 valence electrons. The molecule has 4 rings (SSSR count). The fourth-order valence-electron chi connectivity index (χ4n) is 3.96. The van der Waals surface area contributed by atoms with Crippen LogP contribution in [0.4, 0.5) is 5.13 Å². The summed E-state index contributed by atoms with van der Waals surface area (Å²) in [6.45, 7) is 2.26. The second-order valence-electron chi connectivity index (χ2n) is 8.54. The van der Waals surface area contributed by atoms with Crippen molar-refractivity contribution in [3.05, 3.63) is 89.5 Å². The maximum Gasteiger partial charge on any atom is 0.260 e. The second kappa shape index (κ2) is 12.0. The first kappa shape index (κ1) is 27.0. The Morgan fingerprint density at radius 3 is 2.18 bits per heavy atom. The molecule has 0 saturated heterocycles. The maximum atomic E-state index is 13.7. The zero-order chi connectivity index (χ0) is 27.1. The average Bonchev–Trinajstić information content (AvgIpc) is 3.37. The van der Waals surface area contributed by atoms with Crippen molar-refractivity contribution in [3.8, 4) is 12.1 Å². The Kier molecular flexibility index (Phi) is 8.49. The molecule has 0 unspecified atom stereocenters. The highest BCUT2D eigenvalue weighted by atomic mass is 32.2. The van der Waals surface area contributed by atoms with Gasteiger partial charge in [-0.2, -0.15) is 14.8 Å². The third kappa shape index (κ3) is 5.90. The van der Waals surface area contributed by atoms with Gasteiger partial charge in [-0.3, -0.25) is 9.69 Å². The number of nitriles is 2. The van der Waals surface area contributed by atoms with Crippen molar-refractivity contribution in [2.24, 2.45) is 0 Å². The molecule has 1 amide bonds. The topological polar surface area (TPSA) is 118 Å². The molecule has 1 heterocycles. The molecule has 10 heteroatoms. The number of carbonyl (C=O) groups is 1. The van der Waals surface area contributed by atoms with E-state index in [9.17, 15) is 13.2 Å². The molecule has 0 aliphatic rings. The van der Waals surface area contributed by atoms with Gasteiger partial charge in [-0.05, 0) is 48.4 Å². The molecule has 4 aromatic rings. The van der Waals surface area contributed by atoms with Gasteiger partial charge < -0.3 is 0 Å². The van der Waals surface area contributed by atoms with E-state index in [1.807, 2.05) is 67.6 Å². The number of thiazole rings is 1. The van der Waals surface area contributed by atoms with E-state index >= 15 is 0 Å². The molecule has 38 heavy (non-hydrogen) atoms. The van der Waals surface area contributed by atoms with Crippen LogP contribution in [-0.2, 0) is 16.6 Å². The van der Waals surface area contributed by atoms with E-state index in [0.717, 1.165) is 25.6 Å². The van der Waals surface area contributed by atoms with Crippen molar-refractivity contribution in [3.63, 3.8) is 0 Å². The van der Waals surface area contributed by atoms with Gasteiger partial charge in [0, 0.05) is 31.5 Å². The summed E-state index contributed by atoms with van der Waals surface area (Å²) >= 11 is 1.43. The first-order valence-corrected chi connectivity index (χ1v) is 14.2. The van der Waals surface area contributed by atoms with Crippen LogP contribution < -0.4 is 4.90 Å². The summed E-state index contributed by atoms with van der Waals surface area (Å²) in [5, 5.41) is 18.4. The molecule has 0 aliphatic carbocycles. The number of nitrogens with zero attached hydrogens (tertiary/aromatic N) is 5. The Morgan fingerprint density at radius 1 is 0.921 bits per heavy atom. The van der Waals surface area contributed by atoms with E-state index in [0.29, 0.717) is 17.2 Å². The molecule has 8 nitrogen and oxygen atoms in total. The van der Waals surface area contributed by atoms with Gasteiger partial charge in [0.25, 0.3) is 5.91 Å². The van der Waals surface area contributed by atoms with Gasteiger partial charge in [0.05, 0.1) is 33.8 Å². The quantitative estimate of drug-likeness (QED) is 0.269. The molecule has 0 fully saturated rings. The van der Waals surface area contributed by atoms with Crippen LogP contribution in [-0.4, -0.2) is 36.7 Å². The largest absolute Gasteiger partial charge is 0.279 e. The van der Waals surface area contributed by atoms with Gasteiger partial charge in [0.2, 0.25) is 10.0 Å². The van der Waals surface area contributed by atoms with Gasteiger partial charge in [0.15, 0.2) is 5.13 Å². The Balaban J connectivity index is 1.67. The number of anilines is 1. The lowest BCUT2D eigenvalue weighted by atomic mass is 10.1. The van der Waals surface area contributed by atoms with E-state index in [4.69, 9.17) is 15.5 Å². The summed E-state index contributed by atoms with van der Waals surface area (Å²) in [5.74, 6) is -0.305. The lowest BCUT2D eigenvalue weighted by molar-refractivity contribution is 0.0985. The predicted octanol–water partition coefficient (Wildman–Crippen LogP) is 5.27. The highest BCUT2D eigenvalue weighted by molar-refractivity contribution is 7.89. The number of aromatic nitrogens is 1. The van der Waals surface area contributed by atoms with Crippen LogP contribution >= 0.6 is 11.3 Å². The minimum atomic E-state index is -3.94. The lowest BCUT2D eigenvalue weighted by Gasteiger charge is -2.21. The Morgan fingerprint density at radius 2 is 1.58 bits per heavy atom. The van der Waals surface area contributed by atoms with Crippen molar-refractivity contribution in [1.82, 2.24) is 9.29 Å². The molecule has 1 aromatic heterocycles. The Labute approximate surface area is 226 Å². The number of aryl methyl sites for hydroxylation is 1. The number of fused-ring (bicyclic) bond motifs is 1. The molecular formula is C28H25N5O3S2. The van der Waals surface area contributed by atoms with Crippen molar-refractivity contribution in [2.45, 2.75) is 31.2 Å². The monoisotopic (exact) mass is 543 g/mol. The highest BCUT2D eigenvalue weighted by Gasteiger charge is 2.26. The molecule has 0 atom stereocenters. The predicted molar refractivity (Wildman–Crippen MR) is 147 cm³/mol.